The molecular weight excluding hydrogens is 252 g/mol. The van der Waals surface area contributed by atoms with Gasteiger partial charge in [-0.2, -0.15) is 4.98 Å². The van der Waals surface area contributed by atoms with Gasteiger partial charge in [0.15, 0.2) is 5.82 Å². The van der Waals surface area contributed by atoms with Crippen LogP contribution < -0.4 is 5.32 Å². The van der Waals surface area contributed by atoms with Crippen LogP contribution in [0.15, 0.2) is 4.52 Å². The van der Waals surface area contributed by atoms with E-state index in [2.05, 4.69) is 48.1 Å². The van der Waals surface area contributed by atoms with E-state index in [9.17, 15) is 0 Å². The molecule has 1 aliphatic heterocycles. The Morgan fingerprint density at radius 1 is 1.44 bits per heavy atom. The maximum Gasteiger partial charge on any atom is 0.232 e. The van der Waals surface area contributed by atoms with Crippen molar-refractivity contribution in [1.29, 1.82) is 0 Å². The number of halogens is 1. The van der Waals surface area contributed by atoms with Gasteiger partial charge in [-0.05, 0) is 6.92 Å². The summed E-state index contributed by atoms with van der Waals surface area (Å²) in [6, 6.07) is 0.528. The first-order valence-electron chi connectivity index (χ1n) is 6.24. The Hall–Kier alpha value is -0.650. The fourth-order valence-corrected chi connectivity index (χ4v) is 1.92. The number of hydrogen-bond acceptors (Lipinski definition) is 5. The number of aromatic nitrogens is 2. The second-order valence-corrected chi connectivity index (χ2v) is 5.79. The average Bonchev–Trinajstić information content (AvgIpc) is 2.69. The van der Waals surface area contributed by atoms with Gasteiger partial charge >= 0.3 is 0 Å². The standard InChI is InChI=1S/C12H22N4O.ClH/c1-9-7-13-5-6-16(9)8-10-14-11(17-15-10)12(2,3)4;/h9,13H,5-8H2,1-4H3;1H. The van der Waals surface area contributed by atoms with Gasteiger partial charge in [0.05, 0.1) is 6.54 Å². The lowest BCUT2D eigenvalue weighted by molar-refractivity contribution is 0.160. The predicted molar refractivity (Wildman–Crippen MR) is 73.0 cm³/mol. The first kappa shape index (κ1) is 15.4. The second-order valence-electron chi connectivity index (χ2n) is 5.79. The minimum atomic E-state index is -0.0691. The van der Waals surface area contributed by atoms with E-state index < -0.39 is 0 Å². The summed E-state index contributed by atoms with van der Waals surface area (Å²) in [7, 11) is 0. The van der Waals surface area contributed by atoms with Crippen molar-refractivity contribution in [2.45, 2.75) is 45.7 Å². The Bertz CT molecular complexity index is 374. The fraction of sp³-hybridized carbons (Fsp3) is 0.833. The summed E-state index contributed by atoms with van der Waals surface area (Å²) in [6.07, 6.45) is 0. The molecule has 0 amide bonds. The Labute approximate surface area is 115 Å². The van der Waals surface area contributed by atoms with Crippen molar-refractivity contribution in [3.63, 3.8) is 0 Å². The van der Waals surface area contributed by atoms with Gasteiger partial charge in [-0.3, -0.25) is 4.90 Å². The summed E-state index contributed by atoms with van der Waals surface area (Å²) in [5, 5.41) is 7.44. The highest BCUT2D eigenvalue weighted by Gasteiger charge is 2.24. The van der Waals surface area contributed by atoms with Gasteiger partial charge in [0.25, 0.3) is 0 Å². The highest BCUT2D eigenvalue weighted by atomic mass is 35.5. The lowest BCUT2D eigenvalue weighted by atomic mass is 9.97. The third-order valence-corrected chi connectivity index (χ3v) is 3.09. The molecule has 5 nitrogen and oxygen atoms in total. The first-order valence-corrected chi connectivity index (χ1v) is 6.24. The zero-order valence-electron chi connectivity index (χ0n) is 11.6. The molecule has 1 saturated heterocycles. The first-order chi connectivity index (χ1) is 7.97. The summed E-state index contributed by atoms with van der Waals surface area (Å²) < 4.78 is 5.30. The van der Waals surface area contributed by atoms with Crippen molar-refractivity contribution in [3.05, 3.63) is 11.7 Å². The lowest BCUT2D eigenvalue weighted by Crippen LogP contribution is -2.49. The van der Waals surface area contributed by atoms with Gasteiger partial charge in [-0.15, -0.1) is 12.4 Å². The van der Waals surface area contributed by atoms with Gasteiger partial charge in [0.1, 0.15) is 0 Å². The van der Waals surface area contributed by atoms with Gasteiger partial charge in [-0.25, -0.2) is 0 Å². The quantitative estimate of drug-likeness (QED) is 0.887. The number of rotatable bonds is 2. The molecule has 1 unspecified atom stereocenters. The normalized spacial score (nSPS) is 21.7. The number of hydrogen-bond donors (Lipinski definition) is 1. The Morgan fingerprint density at radius 3 is 2.72 bits per heavy atom. The molecule has 104 valence electrons. The Morgan fingerprint density at radius 2 is 2.17 bits per heavy atom. The smallest absolute Gasteiger partial charge is 0.232 e. The predicted octanol–water partition coefficient (Wildman–Crippen LogP) is 1.58. The van der Waals surface area contributed by atoms with Gasteiger partial charge in [0, 0.05) is 31.1 Å². The van der Waals surface area contributed by atoms with E-state index in [-0.39, 0.29) is 17.8 Å². The third-order valence-electron chi connectivity index (χ3n) is 3.09. The summed E-state index contributed by atoms with van der Waals surface area (Å²) in [6.45, 7) is 12.4. The Kier molecular flexibility index (Phi) is 5.13. The van der Waals surface area contributed by atoms with Crippen LogP contribution in [0.5, 0.6) is 0 Å². The van der Waals surface area contributed by atoms with E-state index in [4.69, 9.17) is 4.52 Å². The van der Waals surface area contributed by atoms with Gasteiger partial charge < -0.3 is 9.84 Å². The van der Waals surface area contributed by atoms with Crippen LogP contribution in [0.4, 0.5) is 0 Å². The monoisotopic (exact) mass is 274 g/mol. The highest BCUT2D eigenvalue weighted by Crippen LogP contribution is 2.20. The van der Waals surface area contributed by atoms with Crippen molar-refractivity contribution in [2.75, 3.05) is 19.6 Å². The number of nitrogens with zero attached hydrogens (tertiary/aromatic N) is 3. The van der Waals surface area contributed by atoms with Crippen molar-refractivity contribution in [2.24, 2.45) is 0 Å². The van der Waals surface area contributed by atoms with Crippen LogP contribution in [0, 0.1) is 0 Å². The van der Waals surface area contributed by atoms with Gasteiger partial charge in [-0.1, -0.05) is 25.9 Å². The molecule has 1 aromatic heterocycles. The van der Waals surface area contributed by atoms with E-state index in [0.717, 1.165) is 37.9 Å². The van der Waals surface area contributed by atoms with Crippen molar-refractivity contribution in [1.82, 2.24) is 20.4 Å². The molecule has 0 bridgehead atoms. The molecule has 2 rings (SSSR count). The lowest BCUT2D eigenvalue weighted by Gasteiger charge is -2.32. The molecule has 0 aliphatic carbocycles. The van der Waals surface area contributed by atoms with Crippen LogP contribution in [-0.4, -0.2) is 40.7 Å². The topological polar surface area (TPSA) is 54.2 Å². The van der Waals surface area contributed by atoms with E-state index in [1.807, 2.05) is 0 Å². The van der Waals surface area contributed by atoms with E-state index >= 15 is 0 Å². The molecule has 1 fully saturated rings. The minimum Gasteiger partial charge on any atom is -0.339 e. The summed E-state index contributed by atoms with van der Waals surface area (Å²) in [5.74, 6) is 1.51. The molecular formula is C12H23ClN4O. The highest BCUT2D eigenvalue weighted by molar-refractivity contribution is 5.85. The van der Waals surface area contributed by atoms with Crippen molar-refractivity contribution >= 4 is 12.4 Å². The number of nitrogens with one attached hydrogen (secondary N) is 1. The molecule has 0 saturated carbocycles. The molecule has 1 N–H and O–H groups in total. The summed E-state index contributed by atoms with van der Waals surface area (Å²) in [4.78, 5) is 6.85. The number of piperazine rings is 1. The zero-order chi connectivity index (χ0) is 12.5. The second kappa shape index (κ2) is 5.99. The zero-order valence-corrected chi connectivity index (χ0v) is 12.4. The summed E-state index contributed by atoms with van der Waals surface area (Å²) >= 11 is 0. The molecule has 1 aromatic rings. The largest absolute Gasteiger partial charge is 0.339 e. The van der Waals surface area contributed by atoms with Crippen LogP contribution in [0.3, 0.4) is 0 Å². The molecule has 18 heavy (non-hydrogen) atoms. The molecule has 6 heteroatoms. The van der Waals surface area contributed by atoms with E-state index in [0.29, 0.717) is 6.04 Å². The van der Waals surface area contributed by atoms with E-state index in [1.165, 1.54) is 0 Å². The molecule has 0 radical (unpaired) electrons. The Balaban J connectivity index is 0.00000162. The van der Waals surface area contributed by atoms with Gasteiger partial charge in [0.2, 0.25) is 5.89 Å². The maximum absolute atomic E-state index is 5.30. The van der Waals surface area contributed by atoms with Crippen molar-refractivity contribution in [3.8, 4) is 0 Å². The van der Waals surface area contributed by atoms with Crippen LogP contribution in [0.25, 0.3) is 0 Å². The maximum atomic E-state index is 5.30. The minimum absolute atomic E-state index is 0. The van der Waals surface area contributed by atoms with Crippen LogP contribution in [0.1, 0.15) is 39.4 Å². The average molecular weight is 275 g/mol. The van der Waals surface area contributed by atoms with Crippen LogP contribution >= 0.6 is 12.4 Å². The third kappa shape index (κ3) is 3.67. The summed E-state index contributed by atoms with van der Waals surface area (Å²) in [5.41, 5.74) is -0.0691. The molecule has 1 aliphatic rings. The van der Waals surface area contributed by atoms with Crippen LogP contribution in [-0.2, 0) is 12.0 Å². The van der Waals surface area contributed by atoms with Crippen molar-refractivity contribution < 1.29 is 4.52 Å². The molecule has 1 atom stereocenters. The fourth-order valence-electron chi connectivity index (χ4n) is 1.92. The molecule has 2 heterocycles. The molecule has 0 aromatic carbocycles. The SMILES string of the molecule is CC1CNCCN1Cc1noc(C(C)(C)C)n1.Cl. The van der Waals surface area contributed by atoms with Crippen LogP contribution in [0.2, 0.25) is 0 Å². The van der Waals surface area contributed by atoms with E-state index in [1.54, 1.807) is 0 Å². The molecule has 0 spiro atoms.